The fraction of sp³-hybridized carbons (Fsp3) is 0.250. The van der Waals surface area contributed by atoms with Crippen molar-refractivity contribution in [3.63, 3.8) is 0 Å². The number of amides is 3. The summed E-state index contributed by atoms with van der Waals surface area (Å²) in [5.41, 5.74) is 11.8. The molecule has 11 heteroatoms. The molecule has 0 spiro atoms. The third-order valence-corrected chi connectivity index (χ3v) is 6.09. The molecule has 184 valence electrons. The van der Waals surface area contributed by atoms with E-state index in [9.17, 15) is 18.8 Å². The van der Waals surface area contributed by atoms with Gasteiger partial charge in [0.2, 0.25) is 5.91 Å². The Labute approximate surface area is 211 Å². The normalized spacial score (nSPS) is 12.2. The van der Waals surface area contributed by atoms with Crippen molar-refractivity contribution in [2.24, 2.45) is 5.73 Å². The number of nitrogens with zero attached hydrogens (tertiary/aromatic N) is 2. The van der Waals surface area contributed by atoms with Crippen LogP contribution in [0.1, 0.15) is 58.1 Å². The highest BCUT2D eigenvalue weighted by Crippen LogP contribution is 2.35. The highest BCUT2D eigenvalue weighted by Gasteiger charge is 2.37. The molecule has 1 heterocycles. The van der Waals surface area contributed by atoms with E-state index in [1.54, 1.807) is 45.0 Å². The van der Waals surface area contributed by atoms with Gasteiger partial charge in [0, 0.05) is 11.2 Å². The quantitative estimate of drug-likeness (QED) is 0.450. The van der Waals surface area contributed by atoms with Crippen molar-refractivity contribution < 1.29 is 18.8 Å². The van der Waals surface area contributed by atoms with Crippen LogP contribution in [0.2, 0.25) is 5.02 Å². The average Bonchev–Trinajstić information content (AvgIpc) is 3.15. The molecule has 2 aromatic carbocycles. The van der Waals surface area contributed by atoms with Crippen LogP contribution in [0.5, 0.6) is 0 Å². The molecule has 0 radical (unpaired) electrons. The van der Waals surface area contributed by atoms with Gasteiger partial charge in [0.25, 0.3) is 11.8 Å². The van der Waals surface area contributed by atoms with Crippen molar-refractivity contribution in [3.8, 4) is 0 Å². The van der Waals surface area contributed by atoms with E-state index < -0.39 is 35.1 Å². The van der Waals surface area contributed by atoms with Crippen LogP contribution in [0.4, 0.5) is 15.8 Å². The molecule has 0 aliphatic rings. The number of aromatic nitrogens is 1. The van der Waals surface area contributed by atoms with Gasteiger partial charge >= 0.3 is 0 Å². The maximum Gasteiger partial charge on any atom is 0.273 e. The minimum Gasteiger partial charge on any atom is -0.395 e. The average molecular weight is 518 g/mol. The second-order valence-corrected chi connectivity index (χ2v) is 10.1. The molecule has 0 unspecified atom stereocenters. The van der Waals surface area contributed by atoms with Gasteiger partial charge in [-0.25, -0.2) is 4.39 Å². The first-order chi connectivity index (χ1) is 16.3. The molecule has 1 atom stereocenters. The maximum atomic E-state index is 14.0. The lowest BCUT2D eigenvalue weighted by Gasteiger charge is -2.33. The summed E-state index contributed by atoms with van der Waals surface area (Å²) < 4.78 is 17.9. The molecular formula is C24H25ClFN5O3S. The molecule has 3 amide bonds. The number of nitrogens with one attached hydrogen (secondary N) is 1. The Morgan fingerprint density at radius 2 is 1.77 bits per heavy atom. The van der Waals surface area contributed by atoms with E-state index in [2.05, 4.69) is 9.69 Å². The van der Waals surface area contributed by atoms with Crippen molar-refractivity contribution >= 4 is 52.2 Å². The van der Waals surface area contributed by atoms with Gasteiger partial charge in [0.1, 0.15) is 16.7 Å². The number of carbonyl (C=O) groups excluding carboxylic acids is 3. The van der Waals surface area contributed by atoms with Gasteiger partial charge in [-0.05, 0) is 63.0 Å². The van der Waals surface area contributed by atoms with Crippen LogP contribution in [-0.4, -0.2) is 27.6 Å². The van der Waals surface area contributed by atoms with Crippen LogP contribution in [0.3, 0.4) is 0 Å². The fourth-order valence-electron chi connectivity index (χ4n) is 3.36. The molecule has 0 aliphatic carbocycles. The number of carbonyl (C=O) groups is 3. The molecule has 0 saturated heterocycles. The van der Waals surface area contributed by atoms with Crippen LogP contribution in [0.15, 0.2) is 42.5 Å². The van der Waals surface area contributed by atoms with E-state index >= 15 is 0 Å². The largest absolute Gasteiger partial charge is 0.395 e. The molecule has 0 saturated carbocycles. The Morgan fingerprint density at radius 1 is 1.14 bits per heavy atom. The first-order valence-electron chi connectivity index (χ1n) is 10.5. The minimum atomic E-state index is -1.19. The molecule has 35 heavy (non-hydrogen) atoms. The summed E-state index contributed by atoms with van der Waals surface area (Å²) in [6.45, 7) is 7.30. The van der Waals surface area contributed by atoms with Crippen LogP contribution >= 0.6 is 23.1 Å². The van der Waals surface area contributed by atoms with Crippen LogP contribution < -0.4 is 21.7 Å². The molecule has 1 aromatic heterocycles. The Bertz CT molecular complexity index is 1290. The number of nitrogens with two attached hydrogens (primary N) is 2. The lowest BCUT2D eigenvalue weighted by atomic mass is 9.99. The minimum absolute atomic E-state index is 0.0973. The number of aryl methyl sites for hydroxylation is 1. The lowest BCUT2D eigenvalue weighted by Crippen LogP contribution is -2.49. The number of hydrogen-bond acceptors (Lipinski definition) is 6. The molecule has 3 rings (SSSR count). The SMILES string of the molecule is Cc1ccc([C@H](C(=O)NC(C)(C)C)N(C(=O)c2snc(C(N)=O)c2N)c2ccc(F)c(Cl)c2)cc1. The van der Waals surface area contributed by atoms with Gasteiger partial charge in [-0.2, -0.15) is 4.37 Å². The Balaban J connectivity index is 2.26. The molecular weight excluding hydrogens is 493 g/mol. The van der Waals surface area contributed by atoms with E-state index in [1.165, 1.54) is 12.1 Å². The zero-order chi connectivity index (χ0) is 26.1. The number of primary amides is 1. The van der Waals surface area contributed by atoms with E-state index in [0.717, 1.165) is 16.5 Å². The summed E-state index contributed by atoms with van der Waals surface area (Å²) in [5, 5.41) is 2.65. The molecule has 0 aliphatic heterocycles. The summed E-state index contributed by atoms with van der Waals surface area (Å²) in [7, 11) is 0. The van der Waals surface area contributed by atoms with Crippen molar-refractivity contribution in [2.45, 2.75) is 39.3 Å². The molecule has 3 aromatic rings. The van der Waals surface area contributed by atoms with E-state index in [0.29, 0.717) is 17.1 Å². The Hall–Kier alpha value is -3.50. The standard InChI is InChI=1S/C24H25ClFN5O3S/c1-12-5-7-13(8-6-12)19(22(33)29-24(2,3)4)31(14-9-10-16(26)15(25)11-14)23(34)20-17(27)18(21(28)32)30-35-20/h5-11,19H,27H2,1-4H3,(H2,28,32)(H,29,33)/t19-/m1/s1. The second-order valence-electron chi connectivity index (χ2n) is 8.96. The number of benzene rings is 2. The van der Waals surface area contributed by atoms with Crippen molar-refractivity contribution in [2.75, 3.05) is 10.6 Å². The van der Waals surface area contributed by atoms with Crippen LogP contribution in [-0.2, 0) is 4.79 Å². The molecule has 8 nitrogen and oxygen atoms in total. The number of anilines is 2. The van der Waals surface area contributed by atoms with Gasteiger partial charge in [0.05, 0.1) is 10.7 Å². The van der Waals surface area contributed by atoms with Crippen LogP contribution in [0, 0.1) is 12.7 Å². The fourth-order valence-corrected chi connectivity index (χ4v) is 4.28. The third-order valence-electron chi connectivity index (χ3n) is 4.95. The first kappa shape index (κ1) is 26.1. The van der Waals surface area contributed by atoms with Crippen molar-refractivity contribution in [1.29, 1.82) is 0 Å². The molecule has 0 bridgehead atoms. The Kier molecular flexibility index (Phi) is 7.47. The predicted molar refractivity (Wildman–Crippen MR) is 135 cm³/mol. The van der Waals surface area contributed by atoms with Crippen molar-refractivity contribution in [1.82, 2.24) is 9.69 Å². The monoisotopic (exact) mass is 517 g/mol. The number of hydrogen-bond donors (Lipinski definition) is 3. The zero-order valence-electron chi connectivity index (χ0n) is 19.6. The number of halogens is 2. The van der Waals surface area contributed by atoms with Gasteiger partial charge in [0.15, 0.2) is 5.69 Å². The summed E-state index contributed by atoms with van der Waals surface area (Å²) in [6.07, 6.45) is 0. The van der Waals surface area contributed by atoms with Gasteiger partial charge in [-0.3, -0.25) is 19.3 Å². The summed E-state index contributed by atoms with van der Waals surface area (Å²) in [4.78, 5) is 40.2. The summed E-state index contributed by atoms with van der Waals surface area (Å²) in [5.74, 6) is -2.81. The van der Waals surface area contributed by atoms with Crippen molar-refractivity contribution in [3.05, 3.63) is 75.0 Å². The highest BCUT2D eigenvalue weighted by atomic mass is 35.5. The van der Waals surface area contributed by atoms with Crippen LogP contribution in [0.25, 0.3) is 0 Å². The second kappa shape index (κ2) is 10.0. The van der Waals surface area contributed by atoms with E-state index in [1.807, 2.05) is 6.92 Å². The summed E-state index contributed by atoms with van der Waals surface area (Å²) in [6, 6.07) is 9.53. The number of nitrogen functional groups attached to an aromatic ring is 1. The smallest absolute Gasteiger partial charge is 0.273 e. The Morgan fingerprint density at radius 3 is 2.29 bits per heavy atom. The zero-order valence-corrected chi connectivity index (χ0v) is 21.1. The van der Waals surface area contributed by atoms with E-state index in [-0.39, 0.29) is 27.0 Å². The van der Waals surface area contributed by atoms with E-state index in [4.69, 9.17) is 23.1 Å². The predicted octanol–water partition coefficient (Wildman–Crippen LogP) is 4.23. The number of rotatable bonds is 6. The first-order valence-corrected chi connectivity index (χ1v) is 11.7. The topological polar surface area (TPSA) is 131 Å². The molecule has 5 N–H and O–H groups in total. The lowest BCUT2D eigenvalue weighted by molar-refractivity contribution is -0.123. The summed E-state index contributed by atoms with van der Waals surface area (Å²) >= 11 is 6.71. The van der Waals surface area contributed by atoms with Gasteiger partial charge < -0.3 is 16.8 Å². The highest BCUT2D eigenvalue weighted by molar-refractivity contribution is 7.09. The third kappa shape index (κ3) is 5.77. The van der Waals surface area contributed by atoms with Gasteiger partial charge in [-0.15, -0.1) is 0 Å². The van der Waals surface area contributed by atoms with Gasteiger partial charge in [-0.1, -0.05) is 41.4 Å². The molecule has 0 fully saturated rings. The maximum absolute atomic E-state index is 14.0.